The van der Waals surface area contributed by atoms with Crippen LogP contribution in [0.5, 0.6) is 0 Å². The predicted octanol–water partition coefficient (Wildman–Crippen LogP) is 3.21. The maximum absolute atomic E-state index is 11.8. The summed E-state index contributed by atoms with van der Waals surface area (Å²) in [7, 11) is 0. The van der Waals surface area contributed by atoms with E-state index >= 15 is 0 Å². The number of hydrogen-bond acceptors (Lipinski definition) is 5. The number of aromatic nitrogens is 4. The van der Waals surface area contributed by atoms with E-state index in [0.717, 1.165) is 17.7 Å². The van der Waals surface area contributed by atoms with Crippen LogP contribution in [0, 0.1) is 5.92 Å². The Morgan fingerprint density at radius 2 is 2.17 bits per heavy atom. The molecule has 124 valence electrons. The average Bonchev–Trinajstić information content (AvgIpc) is 3.24. The molecule has 0 atom stereocenters. The SMILES string of the molecule is CCn1cc(-c2nc(-c3cccc(NC(=O)C(C)C)c3)no2)cn1. The number of benzene rings is 1. The zero-order chi connectivity index (χ0) is 17.1. The van der Waals surface area contributed by atoms with Gasteiger partial charge in [0, 0.05) is 29.9 Å². The van der Waals surface area contributed by atoms with Crippen molar-refractivity contribution in [1.82, 2.24) is 19.9 Å². The second kappa shape index (κ2) is 6.66. The summed E-state index contributed by atoms with van der Waals surface area (Å²) in [4.78, 5) is 16.2. The summed E-state index contributed by atoms with van der Waals surface area (Å²) < 4.78 is 7.11. The number of amides is 1. The third-order valence-corrected chi connectivity index (χ3v) is 3.54. The quantitative estimate of drug-likeness (QED) is 0.778. The van der Waals surface area contributed by atoms with Crippen LogP contribution in [0.4, 0.5) is 5.69 Å². The van der Waals surface area contributed by atoms with E-state index in [-0.39, 0.29) is 11.8 Å². The van der Waals surface area contributed by atoms with Crippen LogP contribution in [0.3, 0.4) is 0 Å². The van der Waals surface area contributed by atoms with E-state index in [1.165, 1.54) is 0 Å². The normalized spacial score (nSPS) is 11.0. The van der Waals surface area contributed by atoms with Crippen molar-refractivity contribution in [3.8, 4) is 22.8 Å². The lowest BCUT2D eigenvalue weighted by Crippen LogP contribution is -2.17. The Balaban J connectivity index is 1.83. The van der Waals surface area contributed by atoms with Crippen molar-refractivity contribution in [2.75, 3.05) is 5.32 Å². The molecule has 0 aliphatic rings. The standard InChI is InChI=1S/C17H19N5O2/c1-4-22-10-13(9-18-22)17-20-15(21-24-17)12-6-5-7-14(8-12)19-16(23)11(2)3/h5-11H,4H2,1-3H3,(H,19,23). The van der Waals surface area contributed by atoms with Gasteiger partial charge in [0.1, 0.15) is 0 Å². The lowest BCUT2D eigenvalue weighted by molar-refractivity contribution is -0.118. The van der Waals surface area contributed by atoms with E-state index in [1.807, 2.05) is 51.2 Å². The van der Waals surface area contributed by atoms with Gasteiger partial charge in [0.15, 0.2) is 0 Å². The maximum Gasteiger partial charge on any atom is 0.261 e. The number of rotatable bonds is 5. The zero-order valence-corrected chi connectivity index (χ0v) is 13.9. The number of carbonyl (C=O) groups is 1. The van der Waals surface area contributed by atoms with Crippen LogP contribution in [0.1, 0.15) is 20.8 Å². The van der Waals surface area contributed by atoms with Gasteiger partial charge in [0.2, 0.25) is 11.7 Å². The molecule has 0 spiro atoms. The largest absolute Gasteiger partial charge is 0.333 e. The number of nitrogens with zero attached hydrogens (tertiary/aromatic N) is 4. The Kier molecular flexibility index (Phi) is 4.41. The Morgan fingerprint density at radius 1 is 1.33 bits per heavy atom. The fraction of sp³-hybridized carbons (Fsp3) is 0.294. The molecule has 0 bridgehead atoms. The molecule has 2 aromatic heterocycles. The molecule has 0 saturated heterocycles. The molecule has 1 aromatic carbocycles. The molecule has 1 amide bonds. The van der Waals surface area contributed by atoms with Crippen molar-refractivity contribution in [2.45, 2.75) is 27.3 Å². The van der Waals surface area contributed by atoms with Crippen LogP contribution in [0.2, 0.25) is 0 Å². The summed E-state index contributed by atoms with van der Waals surface area (Å²) in [6.07, 6.45) is 3.55. The number of carbonyl (C=O) groups excluding carboxylic acids is 1. The second-order valence-corrected chi connectivity index (χ2v) is 5.73. The van der Waals surface area contributed by atoms with E-state index in [0.29, 0.717) is 17.4 Å². The Morgan fingerprint density at radius 3 is 2.88 bits per heavy atom. The van der Waals surface area contributed by atoms with Crippen LogP contribution >= 0.6 is 0 Å². The lowest BCUT2D eigenvalue weighted by Gasteiger charge is -2.08. The maximum atomic E-state index is 11.8. The zero-order valence-electron chi connectivity index (χ0n) is 13.9. The molecule has 3 rings (SSSR count). The lowest BCUT2D eigenvalue weighted by atomic mass is 10.1. The number of nitrogens with one attached hydrogen (secondary N) is 1. The van der Waals surface area contributed by atoms with Crippen molar-refractivity contribution in [2.24, 2.45) is 5.92 Å². The van der Waals surface area contributed by atoms with Crippen molar-refractivity contribution >= 4 is 11.6 Å². The first-order chi connectivity index (χ1) is 11.6. The van der Waals surface area contributed by atoms with Crippen LogP contribution < -0.4 is 5.32 Å². The van der Waals surface area contributed by atoms with E-state index in [2.05, 4.69) is 20.6 Å². The van der Waals surface area contributed by atoms with Crippen LogP contribution in [-0.4, -0.2) is 25.8 Å². The van der Waals surface area contributed by atoms with E-state index in [4.69, 9.17) is 4.52 Å². The summed E-state index contributed by atoms with van der Waals surface area (Å²) in [5, 5.41) is 11.1. The van der Waals surface area contributed by atoms with E-state index < -0.39 is 0 Å². The first-order valence-electron chi connectivity index (χ1n) is 7.84. The van der Waals surface area contributed by atoms with Crippen LogP contribution in [0.25, 0.3) is 22.8 Å². The highest BCUT2D eigenvalue weighted by atomic mass is 16.5. The third kappa shape index (κ3) is 3.34. The fourth-order valence-corrected chi connectivity index (χ4v) is 2.13. The Bertz CT molecular complexity index is 850. The molecule has 0 saturated carbocycles. The molecule has 3 aromatic rings. The van der Waals surface area contributed by atoms with Gasteiger partial charge in [0.25, 0.3) is 5.89 Å². The van der Waals surface area contributed by atoms with Gasteiger partial charge in [-0.2, -0.15) is 10.1 Å². The minimum Gasteiger partial charge on any atom is -0.333 e. The molecular formula is C17H19N5O2. The van der Waals surface area contributed by atoms with Gasteiger partial charge < -0.3 is 9.84 Å². The molecule has 0 radical (unpaired) electrons. The first kappa shape index (κ1) is 15.9. The summed E-state index contributed by atoms with van der Waals surface area (Å²) in [5.74, 6) is 0.768. The molecule has 0 unspecified atom stereocenters. The minimum absolute atomic E-state index is 0.0343. The minimum atomic E-state index is -0.0828. The topological polar surface area (TPSA) is 85.8 Å². The summed E-state index contributed by atoms with van der Waals surface area (Å²) in [6.45, 7) is 6.48. The Labute approximate surface area is 139 Å². The van der Waals surface area contributed by atoms with Crippen molar-refractivity contribution in [3.63, 3.8) is 0 Å². The molecule has 1 N–H and O–H groups in total. The number of aryl methyl sites for hydroxylation is 1. The van der Waals surface area contributed by atoms with Crippen molar-refractivity contribution in [1.29, 1.82) is 0 Å². The number of anilines is 1. The smallest absolute Gasteiger partial charge is 0.261 e. The molecule has 24 heavy (non-hydrogen) atoms. The predicted molar refractivity (Wildman–Crippen MR) is 90.1 cm³/mol. The summed E-state index contributed by atoms with van der Waals surface area (Å²) >= 11 is 0. The summed E-state index contributed by atoms with van der Waals surface area (Å²) in [6, 6.07) is 7.37. The van der Waals surface area contributed by atoms with Crippen LogP contribution in [-0.2, 0) is 11.3 Å². The first-order valence-corrected chi connectivity index (χ1v) is 7.84. The van der Waals surface area contributed by atoms with E-state index in [1.54, 1.807) is 10.9 Å². The molecular weight excluding hydrogens is 306 g/mol. The molecule has 0 aliphatic heterocycles. The second-order valence-electron chi connectivity index (χ2n) is 5.73. The Hall–Kier alpha value is -2.96. The van der Waals surface area contributed by atoms with Gasteiger partial charge in [-0.05, 0) is 19.1 Å². The molecule has 7 nitrogen and oxygen atoms in total. The highest BCUT2D eigenvalue weighted by molar-refractivity contribution is 5.92. The van der Waals surface area contributed by atoms with Crippen molar-refractivity contribution in [3.05, 3.63) is 36.7 Å². The molecule has 7 heteroatoms. The third-order valence-electron chi connectivity index (χ3n) is 3.54. The van der Waals surface area contributed by atoms with Gasteiger partial charge in [-0.25, -0.2) is 0 Å². The van der Waals surface area contributed by atoms with Crippen molar-refractivity contribution < 1.29 is 9.32 Å². The summed E-state index contributed by atoms with van der Waals surface area (Å²) in [5.41, 5.74) is 2.26. The van der Waals surface area contributed by atoms with Gasteiger partial charge in [0.05, 0.1) is 11.8 Å². The molecule has 2 heterocycles. The number of hydrogen-bond donors (Lipinski definition) is 1. The highest BCUT2D eigenvalue weighted by Crippen LogP contribution is 2.24. The van der Waals surface area contributed by atoms with Gasteiger partial charge in [-0.3, -0.25) is 9.48 Å². The van der Waals surface area contributed by atoms with Gasteiger partial charge >= 0.3 is 0 Å². The fourth-order valence-electron chi connectivity index (χ4n) is 2.13. The highest BCUT2D eigenvalue weighted by Gasteiger charge is 2.13. The van der Waals surface area contributed by atoms with Crippen LogP contribution in [0.15, 0.2) is 41.2 Å². The molecule has 0 aliphatic carbocycles. The van der Waals surface area contributed by atoms with Gasteiger partial charge in [-0.1, -0.05) is 31.1 Å². The average molecular weight is 325 g/mol. The monoisotopic (exact) mass is 325 g/mol. The molecule has 0 fully saturated rings. The van der Waals surface area contributed by atoms with Gasteiger partial charge in [-0.15, -0.1) is 0 Å². The van der Waals surface area contributed by atoms with E-state index in [9.17, 15) is 4.79 Å².